The van der Waals surface area contributed by atoms with E-state index in [9.17, 15) is 31.2 Å². The fourth-order valence-corrected chi connectivity index (χ4v) is 5.39. The van der Waals surface area contributed by atoms with Gasteiger partial charge in [-0.15, -0.1) is 0 Å². The van der Waals surface area contributed by atoms with E-state index in [1.807, 2.05) is 0 Å². The Labute approximate surface area is 221 Å². The van der Waals surface area contributed by atoms with Gasteiger partial charge in [0.05, 0.1) is 10.8 Å². The van der Waals surface area contributed by atoms with E-state index in [1.165, 1.54) is 35.4 Å². The molecule has 2 aromatic carbocycles. The summed E-state index contributed by atoms with van der Waals surface area (Å²) in [5, 5.41) is 0.556. The molecule has 39 heavy (non-hydrogen) atoms. The number of amides is 1. The van der Waals surface area contributed by atoms with Crippen LogP contribution in [0.4, 0.5) is 13.2 Å². The topological polar surface area (TPSA) is 112 Å². The predicted molar refractivity (Wildman–Crippen MR) is 139 cm³/mol. The van der Waals surface area contributed by atoms with Crippen molar-refractivity contribution >= 4 is 26.6 Å². The van der Waals surface area contributed by atoms with E-state index >= 15 is 0 Å². The van der Waals surface area contributed by atoms with Crippen LogP contribution in [0.2, 0.25) is 0 Å². The number of H-pyrrole nitrogens is 2. The molecule has 5 rings (SSSR count). The second kappa shape index (κ2) is 9.92. The van der Waals surface area contributed by atoms with Crippen LogP contribution in [0.3, 0.4) is 0 Å². The summed E-state index contributed by atoms with van der Waals surface area (Å²) in [5.74, 6) is -1.27. The maximum Gasteiger partial charge on any atom is 0.391 e. The molecule has 4 aromatic rings. The number of rotatable bonds is 5. The smallest absolute Gasteiger partial charge is 0.391 e. The number of carbonyl (C=O) groups is 1. The van der Waals surface area contributed by atoms with Gasteiger partial charge in [0, 0.05) is 53.8 Å². The van der Waals surface area contributed by atoms with Gasteiger partial charge in [-0.3, -0.25) is 9.59 Å². The molecule has 3 heterocycles. The number of nitrogens with zero attached hydrogens (tertiary/aromatic N) is 1. The van der Waals surface area contributed by atoms with E-state index in [0.29, 0.717) is 22.0 Å². The first-order chi connectivity index (χ1) is 18.4. The molecule has 204 valence electrons. The zero-order valence-electron chi connectivity index (χ0n) is 20.7. The van der Waals surface area contributed by atoms with E-state index in [-0.39, 0.29) is 53.4 Å². The molecule has 0 saturated carbocycles. The minimum Gasteiger partial charge on any atom is -0.457 e. The first-order valence-corrected chi connectivity index (χ1v) is 14.0. The van der Waals surface area contributed by atoms with Crippen molar-refractivity contribution in [3.8, 4) is 22.6 Å². The Morgan fingerprint density at radius 3 is 2.46 bits per heavy atom. The van der Waals surface area contributed by atoms with Gasteiger partial charge in [-0.05, 0) is 55.3 Å². The number of nitrogens with one attached hydrogen (secondary N) is 2. The predicted octanol–water partition coefficient (Wildman–Crippen LogP) is 5.13. The van der Waals surface area contributed by atoms with E-state index in [2.05, 4.69) is 9.97 Å². The zero-order chi connectivity index (χ0) is 27.9. The molecule has 0 radical (unpaired) electrons. The maximum absolute atomic E-state index is 13.0. The highest BCUT2D eigenvalue weighted by atomic mass is 32.2. The third kappa shape index (κ3) is 5.42. The van der Waals surface area contributed by atoms with Crippen LogP contribution in [-0.4, -0.2) is 54.7 Å². The number of ether oxygens (including phenoxy) is 1. The van der Waals surface area contributed by atoms with Crippen LogP contribution in [0, 0.1) is 5.92 Å². The Kier molecular flexibility index (Phi) is 6.75. The van der Waals surface area contributed by atoms with Crippen molar-refractivity contribution in [2.75, 3.05) is 19.3 Å². The van der Waals surface area contributed by atoms with Gasteiger partial charge in [0.1, 0.15) is 17.0 Å². The van der Waals surface area contributed by atoms with E-state index in [4.69, 9.17) is 4.74 Å². The lowest BCUT2D eigenvalue weighted by Crippen LogP contribution is -2.42. The molecule has 0 bridgehead atoms. The van der Waals surface area contributed by atoms with Crippen molar-refractivity contribution in [1.82, 2.24) is 14.9 Å². The minimum absolute atomic E-state index is 0.00404. The third-order valence-corrected chi connectivity index (χ3v) is 7.95. The van der Waals surface area contributed by atoms with Crippen LogP contribution < -0.4 is 10.3 Å². The quantitative estimate of drug-likeness (QED) is 0.352. The summed E-state index contributed by atoms with van der Waals surface area (Å²) in [6.45, 7) is 0.00807. The first kappa shape index (κ1) is 26.5. The second-order valence-corrected chi connectivity index (χ2v) is 11.5. The van der Waals surface area contributed by atoms with Crippen molar-refractivity contribution < 1.29 is 31.1 Å². The molecule has 0 spiro atoms. The molecule has 2 N–H and O–H groups in total. The highest BCUT2D eigenvalue weighted by molar-refractivity contribution is 7.90. The van der Waals surface area contributed by atoms with E-state index in [1.54, 1.807) is 30.5 Å². The number of aromatic amines is 2. The van der Waals surface area contributed by atoms with Crippen LogP contribution in [0.15, 0.2) is 70.6 Å². The Balaban J connectivity index is 1.47. The summed E-state index contributed by atoms with van der Waals surface area (Å²) >= 11 is 0. The lowest BCUT2D eigenvalue weighted by molar-refractivity contribution is -0.183. The monoisotopic (exact) mass is 559 g/mol. The average Bonchev–Trinajstić information content (AvgIpc) is 3.39. The van der Waals surface area contributed by atoms with Gasteiger partial charge in [-0.25, -0.2) is 8.42 Å². The molecule has 0 aliphatic carbocycles. The molecular weight excluding hydrogens is 535 g/mol. The van der Waals surface area contributed by atoms with Gasteiger partial charge in [0.2, 0.25) is 0 Å². The lowest BCUT2D eigenvalue weighted by atomic mass is 9.96. The molecular formula is C27H24F3N3O5S. The van der Waals surface area contributed by atoms with Crippen LogP contribution >= 0.6 is 0 Å². The SMILES string of the molecule is CS(=O)(=O)c1ccc(Oc2cccc(C(=O)N3CCC(C(F)(F)F)CC3)c2)c(-c2c[nH]c(=O)c3[nH]ccc23)c1. The van der Waals surface area contributed by atoms with Crippen molar-refractivity contribution in [1.29, 1.82) is 0 Å². The van der Waals surface area contributed by atoms with Crippen molar-refractivity contribution in [3.63, 3.8) is 0 Å². The standard InChI is InChI=1S/C27H24F3N3O5S/c1-39(36,37)19-5-6-23(21(14-19)22-15-32-25(34)24-20(22)7-10-31-24)38-18-4-2-3-16(13-18)26(35)33-11-8-17(9-12-33)27(28,29)30/h2-7,10,13-15,17,31H,8-9,11-12H2,1H3,(H,32,34). The first-order valence-electron chi connectivity index (χ1n) is 12.1. The third-order valence-electron chi connectivity index (χ3n) is 6.84. The van der Waals surface area contributed by atoms with Crippen LogP contribution in [-0.2, 0) is 9.84 Å². The Hall–Kier alpha value is -4.06. The minimum atomic E-state index is -4.27. The van der Waals surface area contributed by atoms with E-state index in [0.717, 1.165) is 6.26 Å². The molecule has 1 amide bonds. The molecule has 1 aliphatic rings. The molecule has 0 unspecified atom stereocenters. The fourth-order valence-electron chi connectivity index (χ4n) is 4.74. The number of hydrogen-bond acceptors (Lipinski definition) is 5. The van der Waals surface area contributed by atoms with Gasteiger partial charge in [0.15, 0.2) is 9.84 Å². The lowest BCUT2D eigenvalue weighted by Gasteiger charge is -2.33. The number of benzene rings is 2. The second-order valence-electron chi connectivity index (χ2n) is 9.47. The van der Waals surface area contributed by atoms with E-state index < -0.39 is 27.8 Å². The largest absolute Gasteiger partial charge is 0.457 e. The molecule has 12 heteroatoms. The van der Waals surface area contributed by atoms with Crippen molar-refractivity contribution in [2.45, 2.75) is 23.9 Å². The summed E-state index contributed by atoms with van der Waals surface area (Å²) in [7, 11) is -3.57. The number of piperidine rings is 1. The van der Waals surface area contributed by atoms with Crippen molar-refractivity contribution in [2.24, 2.45) is 5.92 Å². The highest BCUT2D eigenvalue weighted by Gasteiger charge is 2.41. The molecule has 0 atom stereocenters. The van der Waals surface area contributed by atoms with Gasteiger partial charge >= 0.3 is 6.18 Å². The summed E-state index contributed by atoms with van der Waals surface area (Å²) in [5.41, 5.74) is 1.14. The molecule has 2 aromatic heterocycles. The number of fused-ring (bicyclic) bond motifs is 1. The highest BCUT2D eigenvalue weighted by Crippen LogP contribution is 2.38. The zero-order valence-corrected chi connectivity index (χ0v) is 21.5. The fraction of sp³-hybridized carbons (Fsp3) is 0.259. The Bertz CT molecular complexity index is 1720. The Morgan fingerprint density at radius 1 is 1.03 bits per heavy atom. The number of pyridine rings is 1. The van der Waals surface area contributed by atoms with Gasteiger partial charge in [0.25, 0.3) is 11.5 Å². The normalized spacial score (nSPS) is 15.0. The number of sulfone groups is 1. The number of halogens is 3. The number of carbonyl (C=O) groups excluding carboxylic acids is 1. The molecule has 1 aliphatic heterocycles. The summed E-state index contributed by atoms with van der Waals surface area (Å²) in [4.78, 5) is 32.2. The summed E-state index contributed by atoms with van der Waals surface area (Å²) in [6, 6.07) is 12.3. The van der Waals surface area contributed by atoms with Crippen LogP contribution in [0.25, 0.3) is 22.0 Å². The Morgan fingerprint density at radius 2 is 1.77 bits per heavy atom. The number of hydrogen-bond donors (Lipinski definition) is 2. The van der Waals surface area contributed by atoms with Gasteiger partial charge in [-0.2, -0.15) is 13.2 Å². The summed E-state index contributed by atoms with van der Waals surface area (Å²) in [6.07, 6.45) is -0.417. The summed E-state index contributed by atoms with van der Waals surface area (Å²) < 4.78 is 69.7. The number of aromatic nitrogens is 2. The number of likely N-dealkylation sites (tertiary alicyclic amines) is 1. The maximum atomic E-state index is 13.0. The van der Waals surface area contributed by atoms with Crippen LogP contribution in [0.1, 0.15) is 23.2 Å². The van der Waals surface area contributed by atoms with Crippen LogP contribution in [0.5, 0.6) is 11.5 Å². The molecule has 1 saturated heterocycles. The molecule has 1 fully saturated rings. The number of alkyl halides is 3. The van der Waals surface area contributed by atoms with Crippen molar-refractivity contribution in [3.05, 3.63) is 76.8 Å². The average molecular weight is 560 g/mol. The molecule has 8 nitrogen and oxygen atoms in total. The van der Waals surface area contributed by atoms with Gasteiger partial charge in [-0.1, -0.05) is 6.07 Å². The van der Waals surface area contributed by atoms with Gasteiger partial charge < -0.3 is 19.6 Å².